The van der Waals surface area contributed by atoms with E-state index in [2.05, 4.69) is 35.9 Å². The summed E-state index contributed by atoms with van der Waals surface area (Å²) in [6.07, 6.45) is 8.22. The van der Waals surface area contributed by atoms with Gasteiger partial charge in [0, 0.05) is 44.9 Å². The summed E-state index contributed by atoms with van der Waals surface area (Å²) in [7, 11) is 0. The number of aliphatic imine (C=N–C) groups is 1. The van der Waals surface area contributed by atoms with Crippen molar-refractivity contribution < 1.29 is 9.47 Å². The van der Waals surface area contributed by atoms with E-state index in [9.17, 15) is 0 Å². The van der Waals surface area contributed by atoms with Gasteiger partial charge < -0.3 is 19.7 Å². The molecule has 1 aliphatic carbocycles. The normalized spacial score (nSPS) is 27.3. The van der Waals surface area contributed by atoms with E-state index >= 15 is 0 Å². The molecule has 28 heavy (non-hydrogen) atoms. The first-order valence-electron chi connectivity index (χ1n) is 11.7. The fraction of sp³-hybridized carbons (Fsp3) is 0.955. The molecule has 3 rings (SSSR count). The Hall–Kier alpha value is -0.850. The summed E-state index contributed by atoms with van der Waals surface area (Å²) in [4.78, 5) is 9.94. The van der Waals surface area contributed by atoms with Crippen molar-refractivity contribution in [1.29, 1.82) is 0 Å². The predicted molar refractivity (Wildman–Crippen MR) is 115 cm³/mol. The minimum atomic E-state index is 0.438. The van der Waals surface area contributed by atoms with E-state index in [0.29, 0.717) is 18.2 Å². The molecule has 1 saturated carbocycles. The van der Waals surface area contributed by atoms with E-state index in [4.69, 9.17) is 14.5 Å². The number of morpholine rings is 1. The summed E-state index contributed by atoms with van der Waals surface area (Å²) in [5.41, 5.74) is 0. The van der Waals surface area contributed by atoms with Crippen LogP contribution in [0.25, 0.3) is 0 Å². The molecule has 2 heterocycles. The summed E-state index contributed by atoms with van der Waals surface area (Å²) >= 11 is 0. The number of likely N-dealkylation sites (tertiary alicyclic amines) is 1. The second kappa shape index (κ2) is 11.4. The lowest BCUT2D eigenvalue weighted by molar-refractivity contribution is -0.0167. The number of rotatable bonds is 7. The van der Waals surface area contributed by atoms with Crippen LogP contribution in [0.2, 0.25) is 0 Å². The van der Waals surface area contributed by atoms with Crippen LogP contribution < -0.4 is 5.32 Å². The monoisotopic (exact) mass is 394 g/mol. The Kier molecular flexibility index (Phi) is 8.87. The molecule has 1 N–H and O–H groups in total. The van der Waals surface area contributed by atoms with Gasteiger partial charge >= 0.3 is 0 Å². The smallest absolute Gasteiger partial charge is 0.193 e. The van der Waals surface area contributed by atoms with Crippen LogP contribution in [0.5, 0.6) is 0 Å². The predicted octanol–water partition coefficient (Wildman–Crippen LogP) is 2.73. The van der Waals surface area contributed by atoms with Gasteiger partial charge in [0.25, 0.3) is 0 Å². The van der Waals surface area contributed by atoms with Crippen LogP contribution in [0.15, 0.2) is 4.99 Å². The first-order chi connectivity index (χ1) is 13.7. The van der Waals surface area contributed by atoms with Crippen LogP contribution >= 0.6 is 0 Å². The van der Waals surface area contributed by atoms with E-state index in [1.807, 2.05) is 0 Å². The van der Waals surface area contributed by atoms with E-state index in [-0.39, 0.29) is 0 Å². The van der Waals surface area contributed by atoms with Crippen molar-refractivity contribution in [2.75, 3.05) is 52.5 Å². The lowest BCUT2D eigenvalue weighted by Gasteiger charge is -2.38. The van der Waals surface area contributed by atoms with Crippen LogP contribution in [0.4, 0.5) is 0 Å². The van der Waals surface area contributed by atoms with Gasteiger partial charge in [0.1, 0.15) is 0 Å². The van der Waals surface area contributed by atoms with Gasteiger partial charge in [-0.15, -0.1) is 0 Å². The molecule has 3 aliphatic rings. The molecule has 2 unspecified atom stereocenters. The molecule has 2 atom stereocenters. The molecule has 162 valence electrons. The molecule has 6 heteroatoms. The van der Waals surface area contributed by atoms with Gasteiger partial charge in [0.2, 0.25) is 0 Å². The first-order valence-corrected chi connectivity index (χ1v) is 11.7. The largest absolute Gasteiger partial charge is 0.379 e. The first kappa shape index (κ1) is 21.8. The average molecular weight is 395 g/mol. The quantitative estimate of drug-likeness (QED) is 0.531. The highest BCUT2D eigenvalue weighted by Gasteiger charge is 2.26. The molecule has 0 aromatic heterocycles. The molecule has 0 spiro atoms. The highest BCUT2D eigenvalue weighted by atomic mass is 16.5. The number of hydrogen-bond donors (Lipinski definition) is 1. The molecular weight excluding hydrogens is 352 g/mol. The van der Waals surface area contributed by atoms with E-state index in [1.54, 1.807) is 0 Å². The highest BCUT2D eigenvalue weighted by molar-refractivity contribution is 5.80. The zero-order valence-corrected chi connectivity index (χ0v) is 18.4. The SMILES string of the molecule is CCNC(=NCC(C)N1CCOCC1C)N1CCC(OCC2CCCC2)CC1. The number of guanidine groups is 1. The molecule has 0 aromatic carbocycles. The number of piperidine rings is 1. The molecule has 2 saturated heterocycles. The van der Waals surface area contributed by atoms with Crippen molar-refractivity contribution >= 4 is 5.96 Å². The Balaban J connectivity index is 1.44. The minimum absolute atomic E-state index is 0.438. The summed E-state index contributed by atoms with van der Waals surface area (Å²) in [5.74, 6) is 1.89. The molecule has 0 bridgehead atoms. The Morgan fingerprint density at radius 2 is 1.93 bits per heavy atom. The van der Waals surface area contributed by atoms with E-state index < -0.39 is 0 Å². The van der Waals surface area contributed by atoms with Crippen molar-refractivity contribution in [3.05, 3.63) is 0 Å². The molecule has 0 amide bonds. The topological polar surface area (TPSA) is 49.3 Å². The average Bonchev–Trinajstić information content (AvgIpc) is 3.24. The third-order valence-corrected chi connectivity index (χ3v) is 6.61. The Morgan fingerprint density at radius 3 is 2.61 bits per heavy atom. The van der Waals surface area contributed by atoms with Crippen molar-refractivity contribution in [2.24, 2.45) is 10.9 Å². The summed E-state index contributed by atoms with van der Waals surface area (Å²) in [6, 6.07) is 0.925. The lowest BCUT2D eigenvalue weighted by Crippen LogP contribution is -2.50. The number of nitrogens with zero attached hydrogens (tertiary/aromatic N) is 3. The van der Waals surface area contributed by atoms with E-state index in [1.165, 1.54) is 25.7 Å². The van der Waals surface area contributed by atoms with Crippen molar-refractivity contribution in [3.8, 4) is 0 Å². The maximum absolute atomic E-state index is 6.24. The van der Waals surface area contributed by atoms with Crippen LogP contribution in [0.1, 0.15) is 59.3 Å². The van der Waals surface area contributed by atoms with Crippen molar-refractivity contribution in [3.63, 3.8) is 0 Å². The summed E-state index contributed by atoms with van der Waals surface area (Å²) < 4.78 is 11.8. The highest BCUT2D eigenvalue weighted by Crippen LogP contribution is 2.26. The third kappa shape index (κ3) is 6.33. The maximum Gasteiger partial charge on any atom is 0.193 e. The van der Waals surface area contributed by atoms with Gasteiger partial charge in [0.05, 0.1) is 25.9 Å². The Labute approximate surface area is 172 Å². The van der Waals surface area contributed by atoms with Crippen LogP contribution in [-0.4, -0.2) is 86.5 Å². The van der Waals surface area contributed by atoms with Crippen molar-refractivity contribution in [2.45, 2.75) is 77.5 Å². The Bertz CT molecular complexity index is 473. The Morgan fingerprint density at radius 1 is 1.18 bits per heavy atom. The molecule has 2 aliphatic heterocycles. The van der Waals surface area contributed by atoms with Gasteiger partial charge in [-0.05, 0) is 52.4 Å². The number of hydrogen-bond acceptors (Lipinski definition) is 4. The lowest BCUT2D eigenvalue weighted by atomic mass is 10.1. The van der Waals surface area contributed by atoms with Gasteiger partial charge in [-0.3, -0.25) is 9.89 Å². The summed E-state index contributed by atoms with van der Waals surface area (Å²) in [6.45, 7) is 14.2. The summed E-state index contributed by atoms with van der Waals surface area (Å²) in [5, 5.41) is 3.51. The fourth-order valence-corrected chi connectivity index (χ4v) is 4.83. The zero-order valence-electron chi connectivity index (χ0n) is 18.4. The number of nitrogens with one attached hydrogen (secondary N) is 1. The van der Waals surface area contributed by atoms with Crippen molar-refractivity contribution in [1.82, 2.24) is 15.1 Å². The maximum atomic E-state index is 6.24. The van der Waals surface area contributed by atoms with Gasteiger partial charge in [-0.25, -0.2) is 0 Å². The molecule has 0 radical (unpaired) electrons. The minimum Gasteiger partial charge on any atom is -0.379 e. The molecule has 0 aromatic rings. The van der Waals surface area contributed by atoms with Gasteiger partial charge in [-0.1, -0.05) is 12.8 Å². The molecule has 3 fully saturated rings. The second-order valence-corrected chi connectivity index (χ2v) is 8.88. The fourth-order valence-electron chi connectivity index (χ4n) is 4.83. The second-order valence-electron chi connectivity index (χ2n) is 8.88. The van der Waals surface area contributed by atoms with E-state index in [0.717, 1.165) is 77.3 Å². The molecular formula is C22H42N4O2. The van der Waals surface area contributed by atoms with Gasteiger partial charge in [-0.2, -0.15) is 0 Å². The zero-order chi connectivity index (χ0) is 19.8. The third-order valence-electron chi connectivity index (χ3n) is 6.61. The van der Waals surface area contributed by atoms with Gasteiger partial charge in [0.15, 0.2) is 5.96 Å². The van der Waals surface area contributed by atoms with Crippen LogP contribution in [0.3, 0.4) is 0 Å². The standard InChI is InChI=1S/C22H42N4O2/c1-4-23-22(24-15-18(2)26-13-14-27-16-19(26)3)25-11-9-21(10-12-25)28-17-20-7-5-6-8-20/h18-21H,4-17H2,1-3H3,(H,23,24). The molecule has 6 nitrogen and oxygen atoms in total. The van der Waals surface area contributed by atoms with Crippen LogP contribution in [0, 0.1) is 5.92 Å². The number of ether oxygens (including phenoxy) is 2. The van der Waals surface area contributed by atoms with Crippen LogP contribution in [-0.2, 0) is 9.47 Å².